The molecule has 0 aliphatic heterocycles. The zero-order valence-corrected chi connectivity index (χ0v) is 43.9. The quantitative estimate of drug-likeness (QED) is 0.127. The number of hydrogen-bond donors (Lipinski definition) is 1. The predicted molar refractivity (Wildman–Crippen MR) is 276 cm³/mol. The van der Waals surface area contributed by atoms with Gasteiger partial charge >= 0.3 is 0 Å². The van der Waals surface area contributed by atoms with Gasteiger partial charge in [0.05, 0.1) is 0 Å². The maximum Gasteiger partial charge on any atom is 0.250 e. The molecule has 350 valence electrons. The Morgan fingerprint density at radius 1 is 0.585 bits per heavy atom. The summed E-state index contributed by atoms with van der Waals surface area (Å²) in [6.45, 7) is 35.6. The van der Waals surface area contributed by atoms with Gasteiger partial charge in [0.25, 0.3) is 8.32 Å². The second kappa shape index (κ2) is 19.6. The Kier molecular flexibility index (Phi) is 14.6. The van der Waals surface area contributed by atoms with E-state index >= 15 is 0 Å². The Balaban J connectivity index is 0.000000198. The molecule has 4 aliphatic carbocycles. The van der Waals surface area contributed by atoms with Crippen LogP contribution in [-0.2, 0) is 13.2 Å². The zero-order valence-electron chi connectivity index (χ0n) is 42.9. The molecule has 5 heteroatoms. The van der Waals surface area contributed by atoms with Crippen molar-refractivity contribution in [2.75, 3.05) is 0 Å². The molecular weight excluding hydrogens is 813 g/mol. The van der Waals surface area contributed by atoms with E-state index in [0.29, 0.717) is 66.3 Å². The van der Waals surface area contributed by atoms with Gasteiger partial charge < -0.3 is 19.0 Å². The van der Waals surface area contributed by atoms with Gasteiger partial charge in [-0.05, 0) is 178 Å². The lowest BCUT2D eigenvalue weighted by molar-refractivity contribution is 0.270. The van der Waals surface area contributed by atoms with Gasteiger partial charge in [-0.25, -0.2) is 0 Å². The molecule has 0 amide bonds. The van der Waals surface area contributed by atoms with E-state index in [1.165, 1.54) is 83.1 Å². The van der Waals surface area contributed by atoms with Gasteiger partial charge in [0, 0.05) is 23.0 Å². The standard InChI is InChI=1S/C33H48O2Si.C27H34O2/c1-21(2)18-26-19-23(4)27-17-16-22(3)28-30(27)29(26)24(5)31(35-36(9,10)33(6,7)8)32(28)34-20-25-14-12-11-13-15-25;1-16(2)13-21-14-18(4)22-12-11-17(3)23-25(22)24(21)19(5)26(28)27(23)29-15-20-9-7-6-8-10-20/h11-15,18,22-23,26-27H,16-17,19-20H2,1-10H3;6-10,13,17-18,21-22,28H,11-12,14-15H2,1-5H3/t22-,23-,26+,27+;17-,18-,21+,22+/m00/s1. The van der Waals surface area contributed by atoms with E-state index < -0.39 is 8.32 Å². The van der Waals surface area contributed by atoms with E-state index in [1.807, 2.05) is 18.2 Å². The van der Waals surface area contributed by atoms with Crippen molar-refractivity contribution in [2.45, 2.75) is 195 Å². The van der Waals surface area contributed by atoms with Crippen LogP contribution in [0.3, 0.4) is 0 Å². The van der Waals surface area contributed by atoms with E-state index in [0.717, 1.165) is 28.4 Å². The van der Waals surface area contributed by atoms with Crippen molar-refractivity contribution in [1.29, 1.82) is 0 Å². The Morgan fingerprint density at radius 3 is 1.43 bits per heavy atom. The normalized spacial score (nSPS) is 24.4. The lowest BCUT2D eigenvalue weighted by atomic mass is 9.62. The zero-order chi connectivity index (χ0) is 47.1. The molecule has 0 saturated heterocycles. The molecule has 1 N–H and O–H groups in total. The second-order valence-corrected chi connectivity index (χ2v) is 27.5. The number of benzene rings is 4. The first kappa shape index (κ1) is 48.7. The minimum atomic E-state index is -2.08. The number of allylic oxidation sites excluding steroid dienone is 4. The average Bonchev–Trinajstić information content (AvgIpc) is 3.23. The van der Waals surface area contributed by atoms with Crippen LogP contribution in [0.5, 0.6) is 23.0 Å². The SMILES string of the molecule is CC(C)=C[C@@H]1C[C@H](C)[C@H]2CC[C@H](C)c3c(OCc4ccccc4)c(O)c(C)c1c32.CC(C)=C[C@@H]1C[C@H](C)[C@H]2CC[C@H](C)c3c(OCc4ccccc4)c(O[Si](C)(C)C(C)(C)C)c(C)c1c32. The fourth-order valence-corrected chi connectivity index (χ4v) is 12.9. The highest BCUT2D eigenvalue weighted by Gasteiger charge is 2.45. The van der Waals surface area contributed by atoms with Gasteiger partial charge in [-0.15, -0.1) is 0 Å². The van der Waals surface area contributed by atoms with Crippen molar-refractivity contribution in [2.24, 2.45) is 11.8 Å². The van der Waals surface area contributed by atoms with Crippen molar-refractivity contribution in [3.05, 3.63) is 140 Å². The molecule has 0 heterocycles. The van der Waals surface area contributed by atoms with Crippen LogP contribution in [0, 0.1) is 25.7 Å². The maximum atomic E-state index is 11.2. The Morgan fingerprint density at radius 2 is 1.00 bits per heavy atom. The highest BCUT2D eigenvalue weighted by Crippen LogP contribution is 2.60. The van der Waals surface area contributed by atoms with Gasteiger partial charge in [0.15, 0.2) is 17.2 Å². The topological polar surface area (TPSA) is 47.9 Å². The third-order valence-corrected chi connectivity index (χ3v) is 20.5. The lowest BCUT2D eigenvalue weighted by Gasteiger charge is -2.45. The molecule has 4 aromatic carbocycles. The monoisotopic (exact) mass is 895 g/mol. The van der Waals surface area contributed by atoms with Gasteiger partial charge in [0.2, 0.25) is 0 Å². The number of phenols is 1. The van der Waals surface area contributed by atoms with Crippen LogP contribution in [0.15, 0.2) is 84.0 Å². The third-order valence-electron chi connectivity index (χ3n) is 16.2. The van der Waals surface area contributed by atoms with Crippen LogP contribution in [0.1, 0.15) is 206 Å². The molecule has 0 spiro atoms. The largest absolute Gasteiger partial charge is 0.541 e. The Labute approximate surface area is 395 Å². The molecule has 4 aromatic rings. The van der Waals surface area contributed by atoms with Crippen LogP contribution in [0.4, 0.5) is 0 Å². The number of ether oxygens (including phenoxy) is 2. The van der Waals surface area contributed by atoms with Crippen molar-refractivity contribution in [1.82, 2.24) is 0 Å². The molecule has 0 bridgehead atoms. The lowest BCUT2D eigenvalue weighted by Crippen LogP contribution is -2.44. The Hall–Kier alpha value is -4.22. The number of rotatable bonds is 10. The first-order valence-corrected chi connectivity index (χ1v) is 28.0. The molecule has 0 radical (unpaired) electrons. The van der Waals surface area contributed by atoms with Crippen LogP contribution in [-0.4, -0.2) is 13.4 Å². The minimum Gasteiger partial charge on any atom is -0.541 e. The molecule has 8 rings (SSSR count). The summed E-state index contributed by atoms with van der Waals surface area (Å²) in [5.74, 6) is 7.39. The molecule has 8 atom stereocenters. The number of aromatic hydroxyl groups is 1. The molecule has 4 nitrogen and oxygen atoms in total. The molecular formula is C60H82O4Si. The van der Waals surface area contributed by atoms with Crippen molar-refractivity contribution in [3.63, 3.8) is 0 Å². The van der Waals surface area contributed by atoms with Crippen LogP contribution in [0.25, 0.3) is 0 Å². The molecule has 65 heavy (non-hydrogen) atoms. The highest BCUT2D eigenvalue weighted by atomic mass is 28.4. The van der Waals surface area contributed by atoms with Crippen molar-refractivity contribution in [3.8, 4) is 23.0 Å². The molecule has 0 saturated carbocycles. The van der Waals surface area contributed by atoms with Crippen LogP contribution < -0.4 is 13.9 Å². The third kappa shape index (κ3) is 9.93. The smallest absolute Gasteiger partial charge is 0.250 e. The summed E-state index contributed by atoms with van der Waals surface area (Å²) in [6.07, 6.45) is 12.2. The summed E-state index contributed by atoms with van der Waals surface area (Å²) in [6, 6.07) is 20.8. The van der Waals surface area contributed by atoms with Crippen LogP contribution in [0.2, 0.25) is 18.1 Å². The molecule has 0 fully saturated rings. The fourth-order valence-electron chi connectivity index (χ4n) is 11.8. The van der Waals surface area contributed by atoms with Gasteiger partial charge in [0.1, 0.15) is 19.0 Å². The fraction of sp³-hybridized carbons (Fsp3) is 0.533. The van der Waals surface area contributed by atoms with E-state index in [2.05, 4.69) is 158 Å². The van der Waals surface area contributed by atoms with Gasteiger partial charge in [-0.1, -0.05) is 132 Å². The van der Waals surface area contributed by atoms with Gasteiger partial charge in [-0.2, -0.15) is 0 Å². The summed E-state index contributed by atoms with van der Waals surface area (Å²) in [5, 5.41) is 11.4. The summed E-state index contributed by atoms with van der Waals surface area (Å²) in [7, 11) is -2.08. The predicted octanol–water partition coefficient (Wildman–Crippen LogP) is 17.4. The Bertz CT molecular complexity index is 2380. The van der Waals surface area contributed by atoms with E-state index in [9.17, 15) is 5.11 Å². The number of phenolic OH excluding ortho intramolecular Hbond substituents is 1. The minimum absolute atomic E-state index is 0.116. The first-order valence-electron chi connectivity index (χ1n) is 25.1. The number of hydrogen-bond acceptors (Lipinski definition) is 4. The van der Waals surface area contributed by atoms with E-state index in [-0.39, 0.29) is 5.04 Å². The van der Waals surface area contributed by atoms with Crippen molar-refractivity contribution < 1.29 is 19.0 Å². The summed E-state index contributed by atoms with van der Waals surface area (Å²) in [5.41, 5.74) is 16.1. The van der Waals surface area contributed by atoms with Crippen LogP contribution >= 0.6 is 0 Å². The van der Waals surface area contributed by atoms with E-state index in [1.54, 1.807) is 11.1 Å². The summed E-state index contributed by atoms with van der Waals surface area (Å²) >= 11 is 0. The second-order valence-electron chi connectivity index (χ2n) is 22.8. The van der Waals surface area contributed by atoms with Crippen molar-refractivity contribution >= 4 is 8.32 Å². The summed E-state index contributed by atoms with van der Waals surface area (Å²) < 4.78 is 20.4. The van der Waals surface area contributed by atoms with Gasteiger partial charge in [-0.3, -0.25) is 0 Å². The summed E-state index contributed by atoms with van der Waals surface area (Å²) in [4.78, 5) is 0. The average molecular weight is 895 g/mol. The maximum absolute atomic E-state index is 11.2. The molecule has 0 aromatic heterocycles. The molecule has 4 aliphatic rings. The highest BCUT2D eigenvalue weighted by molar-refractivity contribution is 6.74. The molecule has 0 unspecified atom stereocenters. The first-order chi connectivity index (χ1) is 30.7. The van der Waals surface area contributed by atoms with E-state index in [4.69, 9.17) is 13.9 Å².